The highest BCUT2D eigenvalue weighted by atomic mass is 79.9. The predicted molar refractivity (Wildman–Crippen MR) is 94.4 cm³/mol. The summed E-state index contributed by atoms with van der Waals surface area (Å²) in [6, 6.07) is 8.33. The van der Waals surface area contributed by atoms with Crippen LogP contribution in [0.4, 0.5) is 0 Å². The number of rotatable bonds is 4. The van der Waals surface area contributed by atoms with E-state index in [1.165, 1.54) is 11.1 Å². The van der Waals surface area contributed by atoms with Crippen molar-refractivity contribution in [1.82, 2.24) is 5.32 Å². The van der Waals surface area contributed by atoms with Gasteiger partial charge in [0.15, 0.2) is 0 Å². The lowest BCUT2D eigenvalue weighted by Gasteiger charge is -2.18. The summed E-state index contributed by atoms with van der Waals surface area (Å²) >= 11 is 18.4. The molecule has 6 heteroatoms. The molecule has 19 heavy (non-hydrogen) atoms. The highest BCUT2D eigenvalue weighted by Gasteiger charge is 2.19. The molecule has 1 aromatic carbocycles. The van der Waals surface area contributed by atoms with Gasteiger partial charge in [-0.2, -0.15) is 0 Å². The van der Waals surface area contributed by atoms with Gasteiger partial charge in [-0.05, 0) is 83.7 Å². The van der Waals surface area contributed by atoms with Crippen molar-refractivity contribution >= 4 is 70.7 Å². The molecule has 0 bridgehead atoms. The maximum absolute atomic E-state index is 6.06. The van der Waals surface area contributed by atoms with E-state index in [2.05, 4.69) is 78.2 Å². The van der Waals surface area contributed by atoms with E-state index in [0.29, 0.717) is 0 Å². The second kappa shape index (κ2) is 7.05. The van der Waals surface area contributed by atoms with Gasteiger partial charge in [0, 0.05) is 4.47 Å². The van der Waals surface area contributed by atoms with Gasteiger partial charge in [-0.3, -0.25) is 0 Å². The molecule has 0 amide bonds. The van der Waals surface area contributed by atoms with Crippen LogP contribution in [0.1, 0.15) is 24.1 Å². The second-order valence-corrected chi connectivity index (χ2v) is 8.95. The molecule has 0 aliphatic carbocycles. The topological polar surface area (TPSA) is 12.0 Å². The summed E-state index contributed by atoms with van der Waals surface area (Å²) in [4.78, 5) is 0. The molecule has 1 N–H and O–H groups in total. The van der Waals surface area contributed by atoms with Crippen molar-refractivity contribution in [1.29, 1.82) is 0 Å². The van der Waals surface area contributed by atoms with Crippen LogP contribution < -0.4 is 5.32 Å². The van der Waals surface area contributed by atoms with Crippen molar-refractivity contribution in [3.05, 3.63) is 52.5 Å². The maximum Gasteiger partial charge on any atom is 0.0761 e. The van der Waals surface area contributed by atoms with Gasteiger partial charge in [-0.1, -0.05) is 24.6 Å². The maximum atomic E-state index is 6.06. The number of nitrogens with one attached hydrogen (secondary N) is 1. The van der Waals surface area contributed by atoms with Gasteiger partial charge < -0.3 is 5.32 Å². The van der Waals surface area contributed by atoms with E-state index in [0.717, 1.165) is 23.6 Å². The Labute approximate surface area is 147 Å². The Kier molecular flexibility index (Phi) is 5.93. The van der Waals surface area contributed by atoms with Crippen LogP contribution in [0.25, 0.3) is 0 Å². The Morgan fingerprint density at radius 2 is 2.00 bits per heavy atom. The summed E-state index contributed by atoms with van der Waals surface area (Å²) in [7, 11) is 0. The van der Waals surface area contributed by atoms with Gasteiger partial charge in [0.05, 0.1) is 18.6 Å². The molecule has 0 saturated heterocycles. The number of hydrogen-bond acceptors (Lipinski definition) is 2. The molecule has 1 heterocycles. The molecular weight excluding hydrogens is 477 g/mol. The van der Waals surface area contributed by atoms with Gasteiger partial charge in [0.1, 0.15) is 0 Å². The van der Waals surface area contributed by atoms with E-state index >= 15 is 0 Å². The molecule has 0 fully saturated rings. The lowest BCUT2D eigenvalue weighted by molar-refractivity contribution is 0.630. The summed E-state index contributed by atoms with van der Waals surface area (Å²) in [5, 5.41) is 4.23. The first-order chi connectivity index (χ1) is 9.02. The van der Waals surface area contributed by atoms with E-state index in [9.17, 15) is 0 Å². The molecule has 0 saturated carbocycles. The SMILES string of the molecule is CCNC(c1ccc(Cl)c(Br)c1)c1cc(Br)sc1Br. The Hall–Kier alpha value is 0.610. The zero-order valence-electron chi connectivity index (χ0n) is 10.0. The van der Waals surface area contributed by atoms with Crippen molar-refractivity contribution in [2.24, 2.45) is 0 Å². The molecule has 2 aromatic rings. The van der Waals surface area contributed by atoms with Crippen LogP contribution in [0.2, 0.25) is 5.02 Å². The summed E-state index contributed by atoms with van der Waals surface area (Å²) < 4.78 is 3.17. The monoisotopic (exact) mass is 485 g/mol. The van der Waals surface area contributed by atoms with Gasteiger partial charge >= 0.3 is 0 Å². The minimum atomic E-state index is 0.149. The minimum absolute atomic E-state index is 0.149. The van der Waals surface area contributed by atoms with Crippen molar-refractivity contribution in [2.75, 3.05) is 6.54 Å². The van der Waals surface area contributed by atoms with Crippen LogP contribution in [0.5, 0.6) is 0 Å². The van der Waals surface area contributed by atoms with E-state index in [1.807, 2.05) is 6.07 Å². The largest absolute Gasteiger partial charge is 0.306 e. The predicted octanol–water partition coefficient (Wildman–Crippen LogP) is 6.39. The smallest absolute Gasteiger partial charge is 0.0761 e. The fourth-order valence-electron chi connectivity index (χ4n) is 1.85. The Balaban J connectivity index is 2.44. The average molecular weight is 488 g/mol. The summed E-state index contributed by atoms with van der Waals surface area (Å²) in [6.45, 7) is 3.00. The highest BCUT2D eigenvalue weighted by Crippen LogP contribution is 2.38. The van der Waals surface area contributed by atoms with Crippen molar-refractivity contribution in [3.8, 4) is 0 Å². The fraction of sp³-hybridized carbons (Fsp3) is 0.231. The number of benzene rings is 1. The van der Waals surface area contributed by atoms with E-state index in [-0.39, 0.29) is 6.04 Å². The van der Waals surface area contributed by atoms with Gasteiger partial charge in [-0.15, -0.1) is 11.3 Å². The van der Waals surface area contributed by atoms with Crippen LogP contribution in [-0.2, 0) is 0 Å². The Morgan fingerprint density at radius 1 is 1.26 bits per heavy atom. The molecule has 1 aromatic heterocycles. The molecule has 0 aliphatic rings. The minimum Gasteiger partial charge on any atom is -0.306 e. The summed E-state index contributed by atoms with van der Waals surface area (Å²) in [6.07, 6.45) is 0. The second-order valence-electron chi connectivity index (χ2n) is 3.94. The van der Waals surface area contributed by atoms with Crippen molar-refractivity contribution in [3.63, 3.8) is 0 Å². The molecular formula is C13H11Br3ClNS. The van der Waals surface area contributed by atoms with E-state index in [1.54, 1.807) is 11.3 Å². The third kappa shape index (κ3) is 3.83. The van der Waals surface area contributed by atoms with Gasteiger partial charge in [-0.25, -0.2) is 0 Å². The first-order valence-corrected chi connectivity index (χ1v) is 9.23. The van der Waals surface area contributed by atoms with E-state index < -0.39 is 0 Å². The third-order valence-electron chi connectivity index (χ3n) is 2.68. The molecule has 1 atom stereocenters. The van der Waals surface area contributed by atoms with Crippen LogP contribution in [0, 0.1) is 0 Å². The van der Waals surface area contributed by atoms with Crippen molar-refractivity contribution < 1.29 is 0 Å². The third-order valence-corrected chi connectivity index (χ3v) is 6.28. The average Bonchev–Trinajstić information content (AvgIpc) is 2.69. The number of thiophene rings is 1. The van der Waals surface area contributed by atoms with Gasteiger partial charge in [0.2, 0.25) is 0 Å². The summed E-state index contributed by atoms with van der Waals surface area (Å²) in [5.74, 6) is 0. The standard InChI is InChI=1S/C13H11Br3ClNS/c1-2-18-12(8-6-11(15)19-13(8)16)7-3-4-10(17)9(14)5-7/h3-6,12,18H,2H2,1H3. The zero-order valence-corrected chi connectivity index (χ0v) is 16.3. The first-order valence-electron chi connectivity index (χ1n) is 5.66. The highest BCUT2D eigenvalue weighted by molar-refractivity contribution is 9.12. The molecule has 0 aliphatic heterocycles. The fourth-order valence-corrected chi connectivity index (χ4v) is 5.27. The lowest BCUT2D eigenvalue weighted by atomic mass is 10.0. The Morgan fingerprint density at radius 3 is 2.53 bits per heavy atom. The van der Waals surface area contributed by atoms with Crippen LogP contribution in [0.15, 0.2) is 36.3 Å². The number of halogens is 4. The first kappa shape index (κ1) is 16.0. The Bertz CT molecular complexity index is 585. The molecule has 1 unspecified atom stereocenters. The molecule has 0 radical (unpaired) electrons. The van der Waals surface area contributed by atoms with Crippen molar-refractivity contribution in [2.45, 2.75) is 13.0 Å². The van der Waals surface area contributed by atoms with Crippen LogP contribution in [-0.4, -0.2) is 6.54 Å². The van der Waals surface area contributed by atoms with Crippen LogP contribution in [0.3, 0.4) is 0 Å². The van der Waals surface area contributed by atoms with Gasteiger partial charge in [0.25, 0.3) is 0 Å². The zero-order chi connectivity index (χ0) is 14.0. The molecule has 1 nitrogen and oxygen atoms in total. The normalized spacial score (nSPS) is 12.7. The quantitative estimate of drug-likeness (QED) is 0.526. The number of hydrogen-bond donors (Lipinski definition) is 1. The molecule has 0 spiro atoms. The summed E-state index contributed by atoms with van der Waals surface area (Å²) in [5.41, 5.74) is 2.41. The van der Waals surface area contributed by atoms with E-state index in [4.69, 9.17) is 11.6 Å². The van der Waals surface area contributed by atoms with Crippen LogP contribution >= 0.6 is 70.7 Å². The molecule has 2 rings (SSSR count). The lowest BCUT2D eigenvalue weighted by Crippen LogP contribution is -2.21. The molecule has 102 valence electrons.